The van der Waals surface area contributed by atoms with Crippen molar-refractivity contribution in [3.05, 3.63) is 0 Å². The molecule has 2 atom stereocenters. The van der Waals surface area contributed by atoms with Crippen LogP contribution in [0.25, 0.3) is 0 Å². The summed E-state index contributed by atoms with van der Waals surface area (Å²) in [5, 5.41) is 18.3. The van der Waals surface area contributed by atoms with Crippen LogP contribution in [-0.2, 0) is 0 Å². The van der Waals surface area contributed by atoms with Crippen LogP contribution in [-0.4, -0.2) is 34.9 Å². The highest BCUT2D eigenvalue weighted by atomic mass is 16.3. The lowest BCUT2D eigenvalue weighted by Crippen LogP contribution is -2.63. The van der Waals surface area contributed by atoms with Crippen LogP contribution in [0.4, 0.5) is 0 Å². The van der Waals surface area contributed by atoms with Crippen LogP contribution in [0, 0.1) is 17.8 Å². The van der Waals surface area contributed by atoms with Crippen molar-refractivity contribution in [2.45, 2.75) is 82.0 Å². The van der Waals surface area contributed by atoms with E-state index in [-0.39, 0.29) is 11.1 Å². The summed E-state index contributed by atoms with van der Waals surface area (Å²) in [6, 6.07) is 1.43. The molecule has 0 heterocycles. The molecule has 5 aliphatic carbocycles. The Morgan fingerprint density at radius 1 is 1.10 bits per heavy atom. The molecule has 3 nitrogen and oxygen atoms in total. The maximum Gasteiger partial charge on any atom is 0.0657 e. The van der Waals surface area contributed by atoms with Crippen LogP contribution < -0.4 is 10.6 Å². The van der Waals surface area contributed by atoms with Crippen molar-refractivity contribution in [2.24, 2.45) is 17.8 Å². The van der Waals surface area contributed by atoms with Gasteiger partial charge < -0.3 is 15.7 Å². The van der Waals surface area contributed by atoms with E-state index in [0.29, 0.717) is 6.04 Å². The first-order chi connectivity index (χ1) is 9.43. The van der Waals surface area contributed by atoms with Crippen LogP contribution in [0.1, 0.15) is 58.8 Å². The van der Waals surface area contributed by atoms with Crippen LogP contribution in [0.5, 0.6) is 0 Å². The van der Waals surface area contributed by atoms with E-state index in [9.17, 15) is 5.11 Å². The SMILES string of the molecule is CC(C)(CNC1C2CC3CC1CC(O)(C3)C2)NC1CC1. The van der Waals surface area contributed by atoms with E-state index in [0.717, 1.165) is 49.6 Å². The Kier molecular flexibility index (Phi) is 3.00. The molecule has 5 saturated carbocycles. The molecule has 5 aliphatic rings. The van der Waals surface area contributed by atoms with Gasteiger partial charge in [-0.3, -0.25) is 0 Å². The quantitative estimate of drug-likeness (QED) is 0.721. The fourth-order valence-corrected chi connectivity index (χ4v) is 5.52. The van der Waals surface area contributed by atoms with Crippen LogP contribution in [0.2, 0.25) is 0 Å². The Morgan fingerprint density at radius 2 is 1.75 bits per heavy atom. The Labute approximate surface area is 122 Å². The Bertz CT molecular complexity index is 374. The second-order valence-corrected chi connectivity index (χ2v) is 8.90. The van der Waals surface area contributed by atoms with Gasteiger partial charge in [-0.05, 0) is 76.5 Å². The van der Waals surface area contributed by atoms with Gasteiger partial charge >= 0.3 is 0 Å². The molecule has 5 fully saturated rings. The summed E-state index contributed by atoms with van der Waals surface area (Å²) >= 11 is 0. The van der Waals surface area contributed by atoms with Gasteiger partial charge in [-0.1, -0.05) is 0 Å². The van der Waals surface area contributed by atoms with Crippen molar-refractivity contribution in [1.82, 2.24) is 10.6 Å². The van der Waals surface area contributed by atoms with Gasteiger partial charge in [0, 0.05) is 24.2 Å². The van der Waals surface area contributed by atoms with E-state index in [1.54, 1.807) is 0 Å². The first-order valence-electron chi connectivity index (χ1n) is 8.66. The minimum absolute atomic E-state index is 0.201. The Balaban J connectivity index is 1.37. The number of rotatable bonds is 5. The normalized spacial score (nSPS) is 47.0. The van der Waals surface area contributed by atoms with E-state index in [2.05, 4.69) is 24.5 Å². The number of hydrogen-bond acceptors (Lipinski definition) is 3. The first-order valence-corrected chi connectivity index (χ1v) is 8.66. The van der Waals surface area contributed by atoms with Gasteiger partial charge in [0.25, 0.3) is 0 Å². The molecule has 3 N–H and O–H groups in total. The maximum atomic E-state index is 10.6. The third kappa shape index (κ3) is 2.53. The molecule has 0 radical (unpaired) electrons. The van der Waals surface area contributed by atoms with Crippen molar-refractivity contribution in [3.8, 4) is 0 Å². The molecule has 5 rings (SSSR count). The molecule has 0 aromatic heterocycles. The molecule has 0 aromatic carbocycles. The molecular weight excluding hydrogens is 248 g/mol. The monoisotopic (exact) mass is 278 g/mol. The van der Waals surface area contributed by atoms with Gasteiger partial charge in [-0.2, -0.15) is 0 Å². The van der Waals surface area contributed by atoms with E-state index in [4.69, 9.17) is 0 Å². The molecule has 114 valence electrons. The Hall–Kier alpha value is -0.120. The van der Waals surface area contributed by atoms with Crippen molar-refractivity contribution in [3.63, 3.8) is 0 Å². The van der Waals surface area contributed by atoms with Crippen molar-refractivity contribution >= 4 is 0 Å². The lowest BCUT2D eigenvalue weighted by Gasteiger charge is -2.58. The highest BCUT2D eigenvalue weighted by Gasteiger charge is 2.54. The molecule has 0 spiro atoms. The fraction of sp³-hybridized carbons (Fsp3) is 1.00. The van der Waals surface area contributed by atoms with Gasteiger partial charge in [-0.25, -0.2) is 0 Å². The van der Waals surface area contributed by atoms with Crippen molar-refractivity contribution < 1.29 is 5.11 Å². The zero-order chi connectivity index (χ0) is 14.0. The third-order valence-corrected chi connectivity index (χ3v) is 6.19. The average Bonchev–Trinajstić information content (AvgIpc) is 3.08. The molecule has 20 heavy (non-hydrogen) atoms. The number of aliphatic hydroxyl groups is 1. The predicted octanol–water partition coefficient (Wildman–Crippen LogP) is 2.05. The number of hydrogen-bond donors (Lipinski definition) is 3. The smallest absolute Gasteiger partial charge is 0.0657 e. The van der Waals surface area contributed by atoms with E-state index >= 15 is 0 Å². The van der Waals surface area contributed by atoms with Crippen LogP contribution in [0.15, 0.2) is 0 Å². The zero-order valence-electron chi connectivity index (χ0n) is 13.0. The molecule has 2 unspecified atom stereocenters. The van der Waals surface area contributed by atoms with E-state index < -0.39 is 0 Å². The summed E-state index contributed by atoms with van der Waals surface area (Å²) in [4.78, 5) is 0. The van der Waals surface area contributed by atoms with Gasteiger partial charge in [-0.15, -0.1) is 0 Å². The highest BCUT2D eigenvalue weighted by Crippen LogP contribution is 2.55. The van der Waals surface area contributed by atoms with Crippen molar-refractivity contribution in [2.75, 3.05) is 6.54 Å². The summed E-state index contributed by atoms with van der Waals surface area (Å²) in [6.45, 7) is 5.70. The van der Waals surface area contributed by atoms with Crippen LogP contribution >= 0.6 is 0 Å². The summed E-state index contributed by atoms with van der Waals surface area (Å²) in [6.07, 6.45) is 8.60. The molecule has 3 heteroatoms. The first kappa shape index (κ1) is 13.5. The molecule has 4 bridgehead atoms. The Morgan fingerprint density at radius 3 is 2.30 bits per heavy atom. The lowest BCUT2D eigenvalue weighted by molar-refractivity contribution is -0.139. The topological polar surface area (TPSA) is 44.3 Å². The summed E-state index contributed by atoms with van der Waals surface area (Å²) in [7, 11) is 0. The summed E-state index contributed by atoms with van der Waals surface area (Å²) in [5.74, 6) is 2.26. The molecular formula is C17H30N2O. The fourth-order valence-electron chi connectivity index (χ4n) is 5.52. The average molecular weight is 278 g/mol. The van der Waals surface area contributed by atoms with Gasteiger partial charge in [0.05, 0.1) is 5.60 Å². The summed E-state index contributed by atoms with van der Waals surface area (Å²) in [5.41, 5.74) is -0.0941. The molecule has 0 aromatic rings. The minimum atomic E-state index is -0.295. The minimum Gasteiger partial charge on any atom is -0.390 e. The largest absolute Gasteiger partial charge is 0.390 e. The predicted molar refractivity (Wildman–Crippen MR) is 80.5 cm³/mol. The number of nitrogens with one attached hydrogen (secondary N) is 2. The second kappa shape index (κ2) is 4.44. The molecule has 0 saturated heterocycles. The summed E-state index contributed by atoms with van der Waals surface area (Å²) < 4.78 is 0. The van der Waals surface area contributed by atoms with Gasteiger partial charge in [0.15, 0.2) is 0 Å². The van der Waals surface area contributed by atoms with Gasteiger partial charge in [0.2, 0.25) is 0 Å². The van der Waals surface area contributed by atoms with E-state index in [1.165, 1.54) is 25.7 Å². The third-order valence-electron chi connectivity index (χ3n) is 6.19. The van der Waals surface area contributed by atoms with Gasteiger partial charge in [0.1, 0.15) is 0 Å². The standard InChI is InChI=1S/C17H30N2O/c1-16(2,19-14-3-4-14)10-18-15-12-5-11-6-13(15)9-17(20,7-11)8-12/h11-15,18-20H,3-10H2,1-2H3. The second-order valence-electron chi connectivity index (χ2n) is 8.90. The zero-order valence-corrected chi connectivity index (χ0v) is 13.0. The van der Waals surface area contributed by atoms with E-state index in [1.807, 2.05) is 0 Å². The van der Waals surface area contributed by atoms with Crippen molar-refractivity contribution in [1.29, 1.82) is 0 Å². The molecule has 0 aliphatic heterocycles. The molecule has 0 amide bonds. The lowest BCUT2D eigenvalue weighted by atomic mass is 9.52. The highest BCUT2D eigenvalue weighted by molar-refractivity contribution is 5.08. The van der Waals surface area contributed by atoms with Crippen LogP contribution in [0.3, 0.4) is 0 Å². The maximum absolute atomic E-state index is 10.6.